The molecule has 0 heterocycles. The summed E-state index contributed by atoms with van der Waals surface area (Å²) in [5.41, 5.74) is 0. The molecule has 0 unspecified atom stereocenters. The van der Waals surface area contributed by atoms with Crippen molar-refractivity contribution in [3.8, 4) is 0 Å². The van der Waals surface area contributed by atoms with Crippen molar-refractivity contribution in [3.05, 3.63) is 121 Å². The molecule has 0 aliphatic carbocycles. The van der Waals surface area contributed by atoms with Gasteiger partial charge >= 0.3 is 17.1 Å². The summed E-state index contributed by atoms with van der Waals surface area (Å²) >= 11 is 0. The average Bonchev–Trinajstić information content (AvgIpc) is 2.85. The van der Waals surface area contributed by atoms with E-state index in [0.717, 1.165) is 20.7 Å². The van der Waals surface area contributed by atoms with Crippen LogP contribution < -0.4 is 20.7 Å². The van der Waals surface area contributed by atoms with Gasteiger partial charge in [0.1, 0.15) is 0 Å². The van der Waals surface area contributed by atoms with Crippen LogP contribution in [-0.2, 0) is 8.54 Å². The van der Waals surface area contributed by atoms with Crippen LogP contribution in [0.2, 0.25) is 0 Å². The van der Waals surface area contributed by atoms with Crippen LogP contribution in [0, 0.1) is 0 Å². The molecule has 0 saturated heterocycles. The second-order valence-electron chi connectivity index (χ2n) is 7.99. The van der Waals surface area contributed by atoms with Crippen molar-refractivity contribution in [1.82, 2.24) is 0 Å². The number of benzene rings is 4. The molecule has 0 radical (unpaired) electrons. The molecule has 0 aliphatic heterocycles. The molecule has 162 valence electrons. The lowest BCUT2D eigenvalue weighted by atomic mass is 10.4. The van der Waals surface area contributed by atoms with E-state index in [1.807, 2.05) is 135 Å². The van der Waals surface area contributed by atoms with Gasteiger partial charge in [0.2, 0.25) is 0 Å². The highest BCUT2D eigenvalue weighted by Gasteiger charge is 2.53. The van der Waals surface area contributed by atoms with Crippen molar-refractivity contribution in [2.75, 3.05) is 0 Å². The Balaban J connectivity index is 1.98. The normalized spacial score (nSPS) is 12.1. The first-order chi connectivity index (χ1) is 15.5. The van der Waals surface area contributed by atoms with E-state index in [2.05, 4.69) is 0 Å². The maximum Gasteiger partial charge on any atom is 0.398 e. The second kappa shape index (κ2) is 9.77. The first-order valence-corrected chi connectivity index (χ1v) is 14.5. The first kappa shape index (κ1) is 22.4. The quantitative estimate of drug-likeness (QED) is 0.415. The van der Waals surface area contributed by atoms with Crippen LogP contribution in [0.15, 0.2) is 121 Å². The third-order valence-corrected chi connectivity index (χ3v) is 12.9. The molecule has 0 fully saturated rings. The van der Waals surface area contributed by atoms with E-state index in [4.69, 9.17) is 8.54 Å². The Labute approximate surface area is 192 Å². The van der Waals surface area contributed by atoms with Gasteiger partial charge in [-0.1, -0.05) is 121 Å². The van der Waals surface area contributed by atoms with E-state index in [1.54, 1.807) is 0 Å². The molecular weight excluding hydrogens is 428 g/mol. The summed E-state index contributed by atoms with van der Waals surface area (Å²) in [4.78, 5) is 12.4. The maximum absolute atomic E-state index is 12.4. The molecule has 3 nitrogen and oxygen atoms in total. The third kappa shape index (κ3) is 4.53. The molecule has 32 heavy (non-hydrogen) atoms. The van der Waals surface area contributed by atoms with Crippen molar-refractivity contribution in [1.29, 1.82) is 0 Å². The van der Waals surface area contributed by atoms with Gasteiger partial charge in [-0.15, -0.1) is 0 Å². The Morgan fingerprint density at radius 1 is 0.531 bits per heavy atom. The lowest BCUT2D eigenvalue weighted by Crippen LogP contribution is -2.74. The minimum atomic E-state index is -3.63. The van der Waals surface area contributed by atoms with Crippen LogP contribution in [-0.4, -0.2) is 28.0 Å². The van der Waals surface area contributed by atoms with E-state index in [0.29, 0.717) is 0 Å². The Kier molecular flexibility index (Phi) is 6.84. The third-order valence-electron chi connectivity index (χ3n) is 5.33. The smallest absolute Gasteiger partial charge is 0.398 e. The van der Waals surface area contributed by atoms with E-state index in [-0.39, 0.29) is 6.10 Å². The molecule has 1 N–H and O–H groups in total. The van der Waals surface area contributed by atoms with Crippen LogP contribution in [0.5, 0.6) is 0 Å². The predicted molar refractivity (Wildman–Crippen MR) is 135 cm³/mol. The van der Waals surface area contributed by atoms with Crippen LogP contribution in [0.25, 0.3) is 0 Å². The molecule has 0 amide bonds. The fourth-order valence-corrected chi connectivity index (χ4v) is 11.8. The molecule has 0 spiro atoms. The van der Waals surface area contributed by atoms with Crippen molar-refractivity contribution in [2.45, 2.75) is 20.0 Å². The van der Waals surface area contributed by atoms with Crippen molar-refractivity contribution >= 4 is 37.9 Å². The van der Waals surface area contributed by atoms with Gasteiger partial charge in [-0.25, -0.2) is 0 Å². The monoisotopic (exact) mass is 456 g/mol. The molecule has 4 rings (SSSR count). The Morgan fingerprint density at radius 2 is 0.844 bits per heavy atom. The summed E-state index contributed by atoms with van der Waals surface area (Å²) in [5.74, 6) is 0. The molecule has 0 bridgehead atoms. The largest absolute Gasteiger partial charge is 0.404 e. The van der Waals surface area contributed by atoms with E-state index in [1.165, 1.54) is 0 Å². The molecule has 4 aromatic carbocycles. The molecule has 4 aromatic rings. The molecule has 0 saturated carbocycles. The predicted octanol–water partition coefficient (Wildman–Crippen LogP) is 2.93. The zero-order valence-corrected chi connectivity index (χ0v) is 20.4. The van der Waals surface area contributed by atoms with E-state index in [9.17, 15) is 4.80 Å². The van der Waals surface area contributed by atoms with Crippen molar-refractivity contribution in [2.24, 2.45) is 0 Å². The van der Waals surface area contributed by atoms with E-state index >= 15 is 0 Å². The van der Waals surface area contributed by atoms with Gasteiger partial charge in [-0.05, 0) is 34.6 Å². The van der Waals surface area contributed by atoms with Gasteiger partial charge in [0.05, 0.1) is 0 Å². The lowest BCUT2D eigenvalue weighted by Gasteiger charge is -2.39. The Bertz CT molecular complexity index is 1030. The molecule has 0 atom stereocenters. The van der Waals surface area contributed by atoms with Gasteiger partial charge in [0, 0.05) is 6.10 Å². The summed E-state index contributed by atoms with van der Waals surface area (Å²) in [6.45, 7) is 4.03. The fraction of sp³-hybridized carbons (Fsp3) is 0.111. The second-order valence-corrected chi connectivity index (χ2v) is 13.9. The highest BCUT2D eigenvalue weighted by Crippen LogP contribution is 2.18. The van der Waals surface area contributed by atoms with Crippen LogP contribution in [0.4, 0.5) is 0 Å². The minimum absolute atomic E-state index is 0.0909. The zero-order valence-electron chi connectivity index (χ0n) is 18.4. The van der Waals surface area contributed by atoms with Crippen LogP contribution in [0.3, 0.4) is 0 Å². The number of rotatable bonds is 8. The Morgan fingerprint density at radius 3 is 1.16 bits per heavy atom. The van der Waals surface area contributed by atoms with Crippen molar-refractivity contribution in [3.63, 3.8) is 0 Å². The van der Waals surface area contributed by atoms with Gasteiger partial charge < -0.3 is 13.3 Å². The van der Waals surface area contributed by atoms with Gasteiger partial charge in [-0.3, -0.25) is 0 Å². The Hall–Kier alpha value is -2.81. The zero-order chi connectivity index (χ0) is 22.4. The fourth-order valence-electron chi connectivity index (χ4n) is 3.91. The highest BCUT2D eigenvalue weighted by molar-refractivity contribution is 7.03. The number of hydrogen-bond acceptors (Lipinski definition) is 3. The van der Waals surface area contributed by atoms with Crippen LogP contribution in [0.1, 0.15) is 13.8 Å². The molecule has 0 aliphatic rings. The summed E-state index contributed by atoms with van der Waals surface area (Å²) in [5, 5.41) is 3.53. The van der Waals surface area contributed by atoms with Gasteiger partial charge in [0.15, 0.2) is 0 Å². The first-order valence-electron chi connectivity index (χ1n) is 10.9. The van der Waals surface area contributed by atoms with Crippen LogP contribution >= 0.6 is 0 Å². The molecule has 0 aromatic heterocycles. The average molecular weight is 457 g/mol. The summed E-state index contributed by atoms with van der Waals surface area (Å²) in [7, 11) is -6.93. The molecular formula is C27H28O3Si2. The highest BCUT2D eigenvalue weighted by atomic mass is 28.5. The topological polar surface area (TPSA) is 38.7 Å². The molecule has 5 heteroatoms. The minimum Gasteiger partial charge on any atom is -0.404 e. The van der Waals surface area contributed by atoms with Gasteiger partial charge in [0.25, 0.3) is 0 Å². The van der Waals surface area contributed by atoms with Gasteiger partial charge in [-0.2, -0.15) is 0 Å². The lowest BCUT2D eigenvalue weighted by molar-refractivity contribution is 0.190. The SMILES string of the molecule is CC(C)O[Si](O[Si](O)(c1ccccc1)c1ccccc1)(c1ccccc1)c1ccccc1. The van der Waals surface area contributed by atoms with Crippen molar-refractivity contribution < 1.29 is 13.3 Å². The standard InChI is InChI=1S/C27H28O3Si2/c1-23(2)29-32(26-19-11-5-12-20-26,27-21-13-6-14-22-27)30-31(28,24-15-7-3-8-16-24)25-17-9-4-10-18-25/h3-23,28H,1-2H3. The maximum atomic E-state index is 12.4. The summed E-state index contributed by atoms with van der Waals surface area (Å²) in [6, 6.07) is 39.6. The summed E-state index contributed by atoms with van der Waals surface area (Å²) < 4.78 is 13.8. The number of hydrogen-bond donors (Lipinski definition) is 1. The van der Waals surface area contributed by atoms with E-state index < -0.39 is 17.1 Å². The summed E-state index contributed by atoms with van der Waals surface area (Å²) in [6.07, 6.45) is -0.0909.